The average molecular weight is 262 g/mol. The molecular weight excluding hydrogens is 247 g/mol. The minimum atomic E-state index is -0.754. The summed E-state index contributed by atoms with van der Waals surface area (Å²) in [5, 5.41) is 11.7. The second-order valence-electron chi connectivity index (χ2n) is 3.86. The van der Waals surface area contributed by atoms with Gasteiger partial charge in [-0.15, -0.1) is 6.58 Å². The Hall–Kier alpha value is -2.35. The molecule has 1 aromatic carbocycles. The lowest BCUT2D eigenvalue weighted by molar-refractivity contribution is -0.121. The summed E-state index contributed by atoms with van der Waals surface area (Å²) < 4.78 is 18.3. The quantitative estimate of drug-likeness (QED) is 0.799. The van der Waals surface area contributed by atoms with Crippen LogP contribution in [0.25, 0.3) is 0 Å². The second kappa shape index (κ2) is 7.17. The molecule has 1 N–H and O–H groups in total. The summed E-state index contributed by atoms with van der Waals surface area (Å²) >= 11 is 0. The van der Waals surface area contributed by atoms with Crippen LogP contribution in [0.15, 0.2) is 30.9 Å². The molecule has 0 fully saturated rings. The van der Waals surface area contributed by atoms with E-state index >= 15 is 0 Å². The van der Waals surface area contributed by atoms with Crippen LogP contribution < -0.4 is 10.1 Å². The highest BCUT2D eigenvalue weighted by molar-refractivity contribution is 5.77. The number of methoxy groups -OCH3 is 1. The van der Waals surface area contributed by atoms with Gasteiger partial charge >= 0.3 is 0 Å². The van der Waals surface area contributed by atoms with Crippen molar-refractivity contribution in [1.29, 1.82) is 5.26 Å². The Labute approximate surface area is 111 Å². The zero-order valence-corrected chi connectivity index (χ0v) is 10.6. The van der Waals surface area contributed by atoms with Crippen molar-refractivity contribution < 1.29 is 13.9 Å². The monoisotopic (exact) mass is 262 g/mol. The molecule has 1 atom stereocenters. The number of carbonyl (C=O) groups excluding carboxylic acids is 1. The molecule has 0 bridgehead atoms. The fraction of sp³-hybridized carbons (Fsp3) is 0.286. The normalized spacial score (nSPS) is 11.2. The number of nitrogens with zero attached hydrogens (tertiary/aromatic N) is 1. The lowest BCUT2D eigenvalue weighted by Gasteiger charge is -2.13. The van der Waals surface area contributed by atoms with Gasteiger partial charge in [-0.1, -0.05) is 6.08 Å². The summed E-state index contributed by atoms with van der Waals surface area (Å²) in [4.78, 5) is 11.6. The maximum absolute atomic E-state index is 13.2. The van der Waals surface area contributed by atoms with Gasteiger partial charge in [-0.2, -0.15) is 5.26 Å². The molecule has 0 radical (unpaired) electrons. The number of ether oxygens (including phenoxy) is 1. The number of carbonyl (C=O) groups is 1. The van der Waals surface area contributed by atoms with E-state index < -0.39 is 11.7 Å². The van der Waals surface area contributed by atoms with Crippen molar-refractivity contribution in [2.75, 3.05) is 13.7 Å². The molecule has 1 amide bonds. The molecule has 100 valence electrons. The molecule has 5 heteroatoms. The van der Waals surface area contributed by atoms with Crippen LogP contribution in [-0.2, 0) is 4.79 Å². The minimum Gasteiger partial charge on any atom is -0.496 e. The number of rotatable bonds is 6. The molecule has 1 aromatic rings. The highest BCUT2D eigenvalue weighted by atomic mass is 19.1. The second-order valence-corrected chi connectivity index (χ2v) is 3.86. The first kappa shape index (κ1) is 14.7. The fourth-order valence-corrected chi connectivity index (χ4v) is 1.65. The maximum Gasteiger partial charge on any atom is 0.221 e. The average Bonchev–Trinajstić information content (AvgIpc) is 2.42. The summed E-state index contributed by atoms with van der Waals surface area (Å²) in [6.45, 7) is 3.81. The first-order chi connectivity index (χ1) is 9.12. The Morgan fingerprint density at radius 1 is 1.68 bits per heavy atom. The van der Waals surface area contributed by atoms with E-state index in [1.165, 1.54) is 25.3 Å². The predicted octanol–water partition coefficient (Wildman–Crippen LogP) is 2.13. The van der Waals surface area contributed by atoms with E-state index in [2.05, 4.69) is 11.9 Å². The molecule has 1 unspecified atom stereocenters. The van der Waals surface area contributed by atoms with Crippen LogP contribution in [0, 0.1) is 17.1 Å². The van der Waals surface area contributed by atoms with Crippen molar-refractivity contribution >= 4 is 5.91 Å². The fourth-order valence-electron chi connectivity index (χ4n) is 1.65. The highest BCUT2D eigenvalue weighted by Crippen LogP contribution is 2.29. The number of halogens is 1. The third kappa shape index (κ3) is 4.11. The molecule has 19 heavy (non-hydrogen) atoms. The largest absolute Gasteiger partial charge is 0.496 e. The van der Waals surface area contributed by atoms with Crippen LogP contribution in [0.5, 0.6) is 5.75 Å². The molecule has 0 saturated heterocycles. The van der Waals surface area contributed by atoms with Gasteiger partial charge in [-0.05, 0) is 18.2 Å². The first-order valence-electron chi connectivity index (χ1n) is 5.73. The third-order valence-electron chi connectivity index (χ3n) is 2.56. The number of nitriles is 1. The van der Waals surface area contributed by atoms with Gasteiger partial charge in [0.1, 0.15) is 11.6 Å². The van der Waals surface area contributed by atoms with Gasteiger partial charge in [0.2, 0.25) is 5.91 Å². The Balaban J connectivity index is 2.91. The number of hydrogen-bond donors (Lipinski definition) is 1. The summed E-state index contributed by atoms with van der Waals surface area (Å²) in [6, 6.07) is 5.90. The molecule has 1 rings (SSSR count). The molecule has 4 nitrogen and oxygen atoms in total. The lowest BCUT2D eigenvalue weighted by atomic mass is 9.95. The Bertz CT molecular complexity index is 509. The molecule has 0 heterocycles. The van der Waals surface area contributed by atoms with Crippen molar-refractivity contribution in [2.24, 2.45) is 0 Å². The van der Waals surface area contributed by atoms with Crippen molar-refractivity contribution in [1.82, 2.24) is 5.32 Å². The van der Waals surface area contributed by atoms with Gasteiger partial charge in [0.05, 0.1) is 19.1 Å². The standard InChI is InChI=1S/C14H15FN2O2/c1-3-6-17-14(18)7-10(9-16)12-8-11(15)4-5-13(12)19-2/h3-5,8,10H,1,6-7H2,2H3,(H,17,18). The van der Waals surface area contributed by atoms with Gasteiger partial charge < -0.3 is 10.1 Å². The molecule has 0 aliphatic heterocycles. The highest BCUT2D eigenvalue weighted by Gasteiger charge is 2.19. The Morgan fingerprint density at radius 3 is 3.00 bits per heavy atom. The van der Waals surface area contributed by atoms with Gasteiger partial charge in [-0.25, -0.2) is 4.39 Å². The van der Waals surface area contributed by atoms with Gasteiger partial charge in [-0.3, -0.25) is 4.79 Å². The topological polar surface area (TPSA) is 62.1 Å². The van der Waals surface area contributed by atoms with Crippen LogP contribution in [0.4, 0.5) is 4.39 Å². The first-order valence-corrected chi connectivity index (χ1v) is 5.73. The van der Waals surface area contributed by atoms with Crippen LogP contribution in [-0.4, -0.2) is 19.6 Å². The van der Waals surface area contributed by atoms with E-state index in [0.717, 1.165) is 0 Å². The van der Waals surface area contributed by atoms with Gasteiger partial charge in [0.15, 0.2) is 0 Å². The van der Waals surface area contributed by atoms with Gasteiger partial charge in [0.25, 0.3) is 0 Å². The number of amides is 1. The molecule has 0 aliphatic carbocycles. The Kier molecular flexibility index (Phi) is 5.55. The smallest absolute Gasteiger partial charge is 0.221 e. The molecule has 0 spiro atoms. The van der Waals surface area contributed by atoms with E-state index in [1.54, 1.807) is 6.08 Å². The molecule has 0 aromatic heterocycles. The summed E-state index contributed by atoms with van der Waals surface area (Å²) in [5.41, 5.74) is 0.374. The molecular formula is C14H15FN2O2. The van der Waals surface area contributed by atoms with Crippen LogP contribution in [0.1, 0.15) is 17.9 Å². The molecule has 0 aliphatic rings. The van der Waals surface area contributed by atoms with E-state index in [-0.39, 0.29) is 12.3 Å². The van der Waals surface area contributed by atoms with Crippen molar-refractivity contribution in [3.8, 4) is 11.8 Å². The van der Waals surface area contributed by atoms with Crippen LogP contribution >= 0.6 is 0 Å². The molecule has 0 saturated carbocycles. The summed E-state index contributed by atoms with van der Waals surface area (Å²) in [5.74, 6) is -1.12. The summed E-state index contributed by atoms with van der Waals surface area (Å²) in [7, 11) is 1.43. The number of nitrogens with one attached hydrogen (secondary N) is 1. The van der Waals surface area contributed by atoms with Crippen LogP contribution in [0.2, 0.25) is 0 Å². The van der Waals surface area contributed by atoms with Gasteiger partial charge in [0, 0.05) is 18.5 Å². The maximum atomic E-state index is 13.2. The predicted molar refractivity (Wildman–Crippen MR) is 69.1 cm³/mol. The van der Waals surface area contributed by atoms with Crippen molar-refractivity contribution in [3.05, 3.63) is 42.2 Å². The lowest BCUT2D eigenvalue weighted by Crippen LogP contribution is -2.24. The van der Waals surface area contributed by atoms with Crippen LogP contribution in [0.3, 0.4) is 0 Å². The van der Waals surface area contributed by atoms with Crippen molar-refractivity contribution in [3.63, 3.8) is 0 Å². The summed E-state index contributed by atoms with van der Waals surface area (Å²) in [6.07, 6.45) is 1.49. The zero-order chi connectivity index (χ0) is 14.3. The van der Waals surface area contributed by atoms with E-state index in [9.17, 15) is 9.18 Å². The van der Waals surface area contributed by atoms with Crippen molar-refractivity contribution in [2.45, 2.75) is 12.3 Å². The minimum absolute atomic E-state index is 0.0514. The van der Waals surface area contributed by atoms with E-state index in [1.807, 2.05) is 6.07 Å². The number of hydrogen-bond acceptors (Lipinski definition) is 3. The SMILES string of the molecule is C=CCNC(=O)CC(C#N)c1cc(F)ccc1OC. The Morgan fingerprint density at radius 2 is 2.42 bits per heavy atom. The van der Waals surface area contributed by atoms with E-state index in [0.29, 0.717) is 17.9 Å². The van der Waals surface area contributed by atoms with E-state index in [4.69, 9.17) is 10.00 Å². The third-order valence-corrected chi connectivity index (χ3v) is 2.56. The zero-order valence-electron chi connectivity index (χ0n) is 10.6. The number of benzene rings is 1.